The van der Waals surface area contributed by atoms with Crippen molar-refractivity contribution in [2.24, 2.45) is 0 Å². The number of ether oxygens (including phenoxy) is 1. The van der Waals surface area contributed by atoms with Gasteiger partial charge in [0.05, 0.1) is 13.2 Å². The molecule has 23 heavy (non-hydrogen) atoms. The highest BCUT2D eigenvalue weighted by Crippen LogP contribution is 2.47. The minimum atomic E-state index is 0.501. The molecule has 1 atom stereocenters. The quantitative estimate of drug-likeness (QED) is 0.830. The maximum absolute atomic E-state index is 5.51. The van der Waals surface area contributed by atoms with E-state index in [1.54, 1.807) is 0 Å². The maximum Gasteiger partial charge on any atom is 0.0594 e. The number of nitrogens with zero attached hydrogens (tertiary/aromatic N) is 1. The number of rotatable bonds is 3. The Kier molecular flexibility index (Phi) is 4.43. The summed E-state index contributed by atoms with van der Waals surface area (Å²) in [6, 6.07) is 18.4. The second-order valence-corrected chi connectivity index (χ2v) is 7.55. The van der Waals surface area contributed by atoms with Crippen LogP contribution in [-0.2, 0) is 4.74 Å². The van der Waals surface area contributed by atoms with Crippen molar-refractivity contribution in [2.75, 3.05) is 26.3 Å². The van der Waals surface area contributed by atoms with Crippen LogP contribution in [0.3, 0.4) is 0 Å². The van der Waals surface area contributed by atoms with E-state index in [1.165, 1.54) is 27.3 Å². The first-order chi connectivity index (χ1) is 11.3. The average Bonchev–Trinajstić information content (AvgIpc) is 2.62. The molecule has 1 unspecified atom stereocenters. The maximum atomic E-state index is 5.51. The van der Waals surface area contributed by atoms with E-state index in [4.69, 9.17) is 4.74 Å². The molecule has 0 radical (unpaired) electrons. The molecule has 2 nitrogen and oxygen atoms in total. The van der Waals surface area contributed by atoms with Crippen molar-refractivity contribution in [1.82, 2.24) is 4.90 Å². The van der Waals surface area contributed by atoms with Crippen LogP contribution in [0.5, 0.6) is 0 Å². The van der Waals surface area contributed by atoms with E-state index in [0.29, 0.717) is 12.0 Å². The summed E-state index contributed by atoms with van der Waals surface area (Å²) in [5.41, 5.74) is 2.99. The third-order valence-electron chi connectivity index (χ3n) is 5.05. The van der Waals surface area contributed by atoms with Gasteiger partial charge in [-0.15, -0.1) is 0 Å². The summed E-state index contributed by atoms with van der Waals surface area (Å²) in [4.78, 5) is 5.42. The molecular formula is C20H23NOS. The van der Waals surface area contributed by atoms with Gasteiger partial charge in [-0.25, -0.2) is 0 Å². The lowest BCUT2D eigenvalue weighted by Gasteiger charge is -2.36. The highest BCUT2D eigenvalue weighted by atomic mass is 32.2. The summed E-state index contributed by atoms with van der Waals surface area (Å²) in [7, 11) is 0. The zero-order valence-corrected chi connectivity index (χ0v) is 14.4. The van der Waals surface area contributed by atoms with Crippen LogP contribution in [0.1, 0.15) is 30.4 Å². The van der Waals surface area contributed by atoms with Gasteiger partial charge in [0.25, 0.3) is 0 Å². The SMILES string of the molecule is CC(CC1c2ccccc2Sc2ccccc21)N1CCOCC1. The zero-order chi connectivity index (χ0) is 15.6. The number of fused-ring (bicyclic) bond motifs is 2. The molecule has 0 aliphatic carbocycles. The average molecular weight is 325 g/mol. The van der Waals surface area contributed by atoms with Gasteiger partial charge in [-0.1, -0.05) is 48.2 Å². The first-order valence-corrected chi connectivity index (χ1v) is 9.32. The molecule has 2 aliphatic heterocycles. The van der Waals surface area contributed by atoms with Gasteiger partial charge in [0.15, 0.2) is 0 Å². The molecule has 0 amide bonds. The van der Waals surface area contributed by atoms with Crippen molar-refractivity contribution >= 4 is 11.8 Å². The molecule has 2 heterocycles. The van der Waals surface area contributed by atoms with E-state index in [1.807, 2.05) is 11.8 Å². The molecule has 0 saturated carbocycles. The lowest BCUT2D eigenvalue weighted by atomic mass is 9.85. The van der Waals surface area contributed by atoms with Crippen LogP contribution < -0.4 is 0 Å². The lowest BCUT2D eigenvalue weighted by Crippen LogP contribution is -2.42. The third-order valence-corrected chi connectivity index (χ3v) is 6.24. The summed E-state index contributed by atoms with van der Waals surface area (Å²) in [5.74, 6) is 0.501. The van der Waals surface area contributed by atoms with Gasteiger partial charge < -0.3 is 4.74 Å². The fourth-order valence-corrected chi connectivity index (χ4v) is 4.96. The monoisotopic (exact) mass is 325 g/mol. The Morgan fingerprint density at radius 2 is 1.57 bits per heavy atom. The van der Waals surface area contributed by atoms with Crippen LogP contribution in [0, 0.1) is 0 Å². The van der Waals surface area contributed by atoms with Crippen LogP contribution in [0.15, 0.2) is 58.3 Å². The summed E-state index contributed by atoms with van der Waals surface area (Å²) in [5, 5.41) is 0. The van der Waals surface area contributed by atoms with Gasteiger partial charge in [-0.3, -0.25) is 4.90 Å². The topological polar surface area (TPSA) is 12.5 Å². The minimum Gasteiger partial charge on any atom is -0.379 e. The van der Waals surface area contributed by atoms with E-state index in [9.17, 15) is 0 Å². The predicted octanol–water partition coefficient (Wildman–Crippen LogP) is 4.39. The number of morpholine rings is 1. The normalized spacial score (nSPS) is 19.9. The van der Waals surface area contributed by atoms with Gasteiger partial charge in [-0.2, -0.15) is 0 Å². The van der Waals surface area contributed by atoms with Crippen LogP contribution in [0.2, 0.25) is 0 Å². The molecule has 4 rings (SSSR count). The minimum absolute atomic E-state index is 0.501. The molecule has 0 spiro atoms. The van der Waals surface area contributed by atoms with Crippen molar-refractivity contribution in [1.29, 1.82) is 0 Å². The largest absolute Gasteiger partial charge is 0.379 e. The first kappa shape index (κ1) is 15.3. The lowest BCUT2D eigenvalue weighted by molar-refractivity contribution is 0.0178. The highest BCUT2D eigenvalue weighted by Gasteiger charge is 2.29. The van der Waals surface area contributed by atoms with E-state index in [-0.39, 0.29) is 0 Å². The Labute approximate surface area is 142 Å². The van der Waals surface area contributed by atoms with Crippen LogP contribution in [-0.4, -0.2) is 37.2 Å². The molecule has 0 aromatic heterocycles. The van der Waals surface area contributed by atoms with Crippen LogP contribution in [0.4, 0.5) is 0 Å². The van der Waals surface area contributed by atoms with Gasteiger partial charge in [-0.05, 0) is 36.6 Å². The van der Waals surface area contributed by atoms with Gasteiger partial charge >= 0.3 is 0 Å². The standard InChI is InChI=1S/C20H23NOS/c1-15(21-10-12-22-13-11-21)14-18-16-6-2-4-8-19(16)23-20-9-5-3-7-17(18)20/h2-9,15,18H,10-14H2,1H3. The van der Waals surface area contributed by atoms with Crippen LogP contribution >= 0.6 is 11.8 Å². The number of hydrogen-bond acceptors (Lipinski definition) is 3. The number of benzene rings is 2. The Bertz CT molecular complexity index is 635. The van der Waals surface area contributed by atoms with E-state index in [2.05, 4.69) is 60.4 Å². The molecule has 2 aromatic carbocycles. The van der Waals surface area contributed by atoms with Crippen molar-refractivity contribution < 1.29 is 4.74 Å². The second-order valence-electron chi connectivity index (χ2n) is 6.46. The Morgan fingerprint density at radius 3 is 2.17 bits per heavy atom. The molecule has 0 N–H and O–H groups in total. The molecule has 1 saturated heterocycles. The molecular weight excluding hydrogens is 302 g/mol. The summed E-state index contributed by atoms with van der Waals surface area (Å²) >= 11 is 1.92. The molecule has 3 heteroatoms. The Hall–Kier alpha value is -1.29. The van der Waals surface area contributed by atoms with E-state index in [0.717, 1.165) is 26.3 Å². The summed E-state index contributed by atoms with van der Waals surface area (Å²) in [6.07, 6.45) is 1.18. The fraction of sp³-hybridized carbons (Fsp3) is 0.400. The fourth-order valence-electron chi connectivity index (χ4n) is 3.77. The first-order valence-electron chi connectivity index (χ1n) is 8.50. The van der Waals surface area contributed by atoms with Crippen molar-refractivity contribution in [3.8, 4) is 0 Å². The van der Waals surface area contributed by atoms with Crippen molar-refractivity contribution in [3.05, 3.63) is 59.7 Å². The predicted molar refractivity (Wildman–Crippen MR) is 95.3 cm³/mol. The van der Waals surface area contributed by atoms with Crippen molar-refractivity contribution in [2.45, 2.75) is 35.1 Å². The molecule has 2 aliphatic rings. The smallest absolute Gasteiger partial charge is 0.0594 e. The number of hydrogen-bond donors (Lipinski definition) is 0. The van der Waals surface area contributed by atoms with E-state index < -0.39 is 0 Å². The van der Waals surface area contributed by atoms with Crippen LogP contribution in [0.25, 0.3) is 0 Å². The zero-order valence-electron chi connectivity index (χ0n) is 13.6. The Morgan fingerprint density at radius 1 is 1.00 bits per heavy atom. The van der Waals surface area contributed by atoms with Crippen molar-refractivity contribution in [3.63, 3.8) is 0 Å². The molecule has 1 fully saturated rings. The molecule has 120 valence electrons. The van der Waals surface area contributed by atoms with Gasteiger partial charge in [0.1, 0.15) is 0 Å². The summed E-state index contributed by atoms with van der Waals surface area (Å²) < 4.78 is 5.51. The highest BCUT2D eigenvalue weighted by molar-refractivity contribution is 7.99. The van der Waals surface area contributed by atoms with Gasteiger partial charge in [0, 0.05) is 34.8 Å². The third kappa shape index (κ3) is 3.06. The molecule has 0 bridgehead atoms. The molecule has 2 aromatic rings. The second kappa shape index (κ2) is 6.68. The van der Waals surface area contributed by atoms with Gasteiger partial charge in [0.2, 0.25) is 0 Å². The summed E-state index contributed by atoms with van der Waals surface area (Å²) in [6.45, 7) is 6.24. The van der Waals surface area contributed by atoms with E-state index >= 15 is 0 Å². The Balaban J connectivity index is 1.64.